The van der Waals surface area contributed by atoms with Crippen molar-refractivity contribution in [3.63, 3.8) is 0 Å². The van der Waals surface area contributed by atoms with E-state index in [0.29, 0.717) is 5.04 Å². The number of hydrogen-bond donors (Lipinski definition) is 2. The van der Waals surface area contributed by atoms with E-state index in [0.717, 1.165) is 5.56 Å². The summed E-state index contributed by atoms with van der Waals surface area (Å²) >= 11 is 1.32. The van der Waals surface area contributed by atoms with E-state index in [2.05, 4.69) is 4.72 Å². The molecule has 0 aliphatic heterocycles. The van der Waals surface area contributed by atoms with Crippen molar-refractivity contribution in [1.29, 1.82) is 5.41 Å². The number of benzene rings is 1. The molecule has 0 aliphatic rings. The lowest BCUT2D eigenvalue weighted by atomic mass is 10.2. The maximum atomic E-state index is 7.53. The summed E-state index contributed by atoms with van der Waals surface area (Å²) in [6.45, 7) is 0. The number of hydrogen-bond acceptors (Lipinski definition) is 3. The Morgan fingerprint density at radius 1 is 1.36 bits per heavy atom. The Bertz CT molecular complexity index is 233. The van der Waals surface area contributed by atoms with Crippen molar-refractivity contribution in [2.45, 2.75) is 0 Å². The molecule has 0 spiro atoms. The molecule has 0 fully saturated rings. The van der Waals surface area contributed by atoms with Gasteiger partial charge < -0.3 is 0 Å². The van der Waals surface area contributed by atoms with Crippen molar-refractivity contribution in [3.05, 3.63) is 35.9 Å². The van der Waals surface area contributed by atoms with E-state index in [1.807, 2.05) is 37.4 Å². The molecule has 0 heterocycles. The average molecular weight is 166 g/mol. The van der Waals surface area contributed by atoms with Crippen LogP contribution in [0.5, 0.6) is 0 Å². The van der Waals surface area contributed by atoms with Crippen LogP contribution in [0.15, 0.2) is 30.3 Å². The highest BCUT2D eigenvalue weighted by molar-refractivity contribution is 8.12. The van der Waals surface area contributed by atoms with Crippen LogP contribution in [0.25, 0.3) is 0 Å². The van der Waals surface area contributed by atoms with Gasteiger partial charge in [-0.3, -0.25) is 10.1 Å². The molecule has 1 aromatic carbocycles. The molecule has 0 bridgehead atoms. The fourth-order valence-corrected chi connectivity index (χ4v) is 1.21. The molecule has 0 radical (unpaired) electrons. The molecular weight excluding hydrogens is 156 g/mol. The van der Waals surface area contributed by atoms with E-state index < -0.39 is 0 Å². The van der Waals surface area contributed by atoms with Gasteiger partial charge in [-0.1, -0.05) is 30.3 Å². The molecule has 0 saturated carbocycles. The van der Waals surface area contributed by atoms with Gasteiger partial charge >= 0.3 is 0 Å². The van der Waals surface area contributed by atoms with Gasteiger partial charge in [0.1, 0.15) is 5.04 Å². The topological polar surface area (TPSA) is 35.9 Å². The van der Waals surface area contributed by atoms with Crippen molar-refractivity contribution >= 4 is 17.0 Å². The zero-order valence-electron chi connectivity index (χ0n) is 6.29. The van der Waals surface area contributed by atoms with E-state index >= 15 is 0 Å². The Kier molecular flexibility index (Phi) is 3.14. The minimum atomic E-state index is 0.549. The summed E-state index contributed by atoms with van der Waals surface area (Å²) in [4.78, 5) is 0. The Morgan fingerprint density at radius 2 is 2.00 bits per heavy atom. The van der Waals surface area contributed by atoms with Crippen LogP contribution in [-0.2, 0) is 0 Å². The Hall–Kier alpha value is -0.800. The predicted octanol–water partition coefficient (Wildman–Crippen LogP) is 1.88. The highest BCUT2D eigenvalue weighted by Crippen LogP contribution is 2.07. The van der Waals surface area contributed by atoms with Gasteiger partial charge in [-0.05, 0) is 19.0 Å². The Morgan fingerprint density at radius 3 is 2.55 bits per heavy atom. The van der Waals surface area contributed by atoms with Crippen molar-refractivity contribution in [2.24, 2.45) is 0 Å². The summed E-state index contributed by atoms with van der Waals surface area (Å²) in [7, 11) is 1.81. The molecule has 2 N–H and O–H groups in total. The van der Waals surface area contributed by atoms with Crippen molar-refractivity contribution in [3.8, 4) is 0 Å². The first-order chi connectivity index (χ1) is 5.34. The summed E-state index contributed by atoms with van der Waals surface area (Å²) in [6, 6.07) is 9.65. The van der Waals surface area contributed by atoms with E-state index in [1.54, 1.807) is 0 Å². The second-order valence-corrected chi connectivity index (χ2v) is 3.02. The minimum absolute atomic E-state index is 0.549. The summed E-state index contributed by atoms with van der Waals surface area (Å²) < 4.78 is 2.86. The molecule has 1 aromatic rings. The Labute approximate surface area is 70.7 Å². The normalized spacial score (nSPS) is 9.55. The van der Waals surface area contributed by atoms with Gasteiger partial charge in [-0.25, -0.2) is 0 Å². The van der Waals surface area contributed by atoms with Gasteiger partial charge in [0, 0.05) is 5.56 Å². The molecule has 3 heteroatoms. The molecule has 1 rings (SSSR count). The fraction of sp³-hybridized carbons (Fsp3) is 0.125. The zero-order chi connectivity index (χ0) is 8.10. The fourth-order valence-electron chi connectivity index (χ4n) is 0.751. The maximum absolute atomic E-state index is 7.53. The third-order valence-electron chi connectivity index (χ3n) is 1.24. The summed E-state index contributed by atoms with van der Waals surface area (Å²) in [6.07, 6.45) is 0. The average Bonchev–Trinajstić information content (AvgIpc) is 2.07. The molecule has 11 heavy (non-hydrogen) atoms. The van der Waals surface area contributed by atoms with Crippen LogP contribution in [0.2, 0.25) is 0 Å². The van der Waals surface area contributed by atoms with E-state index in [1.165, 1.54) is 11.9 Å². The van der Waals surface area contributed by atoms with E-state index in [4.69, 9.17) is 5.41 Å². The first kappa shape index (κ1) is 8.30. The quantitative estimate of drug-likeness (QED) is 0.400. The summed E-state index contributed by atoms with van der Waals surface area (Å²) in [5.74, 6) is 0. The molecule has 2 nitrogen and oxygen atoms in total. The monoisotopic (exact) mass is 166 g/mol. The summed E-state index contributed by atoms with van der Waals surface area (Å²) in [5, 5.41) is 8.08. The van der Waals surface area contributed by atoms with Gasteiger partial charge in [0.2, 0.25) is 0 Å². The molecular formula is C8H10N2S. The van der Waals surface area contributed by atoms with Crippen molar-refractivity contribution < 1.29 is 0 Å². The largest absolute Gasteiger partial charge is 0.292 e. The van der Waals surface area contributed by atoms with Crippen LogP contribution < -0.4 is 4.72 Å². The second kappa shape index (κ2) is 4.16. The van der Waals surface area contributed by atoms with Crippen molar-refractivity contribution in [1.82, 2.24) is 4.72 Å². The van der Waals surface area contributed by atoms with E-state index in [9.17, 15) is 0 Å². The molecule has 0 amide bonds. The first-order valence-corrected chi connectivity index (χ1v) is 4.14. The Balaban J connectivity index is 2.69. The lowest BCUT2D eigenvalue weighted by Crippen LogP contribution is -2.01. The molecule has 0 atom stereocenters. The zero-order valence-corrected chi connectivity index (χ0v) is 7.11. The van der Waals surface area contributed by atoms with Crippen LogP contribution in [0.3, 0.4) is 0 Å². The van der Waals surface area contributed by atoms with E-state index in [-0.39, 0.29) is 0 Å². The standard InChI is InChI=1S/C8H10N2S/c1-10-11-8(9)7-5-3-2-4-6-7/h2-6,9-10H,1H3. The predicted molar refractivity (Wildman–Crippen MR) is 49.9 cm³/mol. The lowest BCUT2D eigenvalue weighted by Gasteiger charge is -1.99. The van der Waals surface area contributed by atoms with Crippen LogP contribution in [0.1, 0.15) is 5.56 Å². The smallest absolute Gasteiger partial charge is 0.109 e. The molecule has 0 aromatic heterocycles. The van der Waals surface area contributed by atoms with Gasteiger partial charge in [0.05, 0.1) is 0 Å². The lowest BCUT2D eigenvalue weighted by molar-refractivity contribution is 1.31. The van der Waals surface area contributed by atoms with Crippen LogP contribution in [0.4, 0.5) is 0 Å². The van der Waals surface area contributed by atoms with Crippen LogP contribution in [0, 0.1) is 5.41 Å². The van der Waals surface area contributed by atoms with Gasteiger partial charge in [-0.15, -0.1) is 0 Å². The first-order valence-electron chi connectivity index (χ1n) is 3.32. The summed E-state index contributed by atoms with van der Waals surface area (Å²) in [5.41, 5.74) is 0.951. The second-order valence-electron chi connectivity index (χ2n) is 2.00. The third-order valence-corrected chi connectivity index (χ3v) is 1.88. The van der Waals surface area contributed by atoms with Crippen molar-refractivity contribution in [2.75, 3.05) is 7.05 Å². The molecule has 0 unspecified atom stereocenters. The van der Waals surface area contributed by atoms with Gasteiger partial charge in [-0.2, -0.15) is 0 Å². The van der Waals surface area contributed by atoms with Crippen LogP contribution in [-0.4, -0.2) is 12.1 Å². The maximum Gasteiger partial charge on any atom is 0.109 e. The minimum Gasteiger partial charge on any atom is -0.292 e. The molecule has 0 saturated heterocycles. The third kappa shape index (κ3) is 2.37. The van der Waals surface area contributed by atoms with Gasteiger partial charge in [0.25, 0.3) is 0 Å². The highest BCUT2D eigenvalue weighted by Gasteiger charge is 1.97. The highest BCUT2D eigenvalue weighted by atomic mass is 32.2. The number of nitrogens with one attached hydrogen (secondary N) is 2. The molecule has 58 valence electrons. The molecule has 0 aliphatic carbocycles. The number of rotatable bonds is 2. The van der Waals surface area contributed by atoms with Gasteiger partial charge in [0.15, 0.2) is 0 Å². The SMILES string of the molecule is CNSC(=N)c1ccccc1. The van der Waals surface area contributed by atoms with Crippen LogP contribution >= 0.6 is 11.9 Å².